The van der Waals surface area contributed by atoms with E-state index in [0.717, 1.165) is 0 Å². The molecule has 0 fully saturated rings. The second kappa shape index (κ2) is 4.33. The minimum absolute atomic E-state index is 0.0706. The van der Waals surface area contributed by atoms with E-state index in [2.05, 4.69) is 4.98 Å². The number of hydrogen-bond acceptors (Lipinski definition) is 2. The molecule has 1 aromatic carbocycles. The SMILES string of the molecule is Cc1cc(-c2cccc(F)c2)c(C(=O)O)cn1. The molecule has 0 bridgehead atoms. The first-order valence-electron chi connectivity index (χ1n) is 5.04. The molecule has 0 saturated heterocycles. The van der Waals surface area contributed by atoms with Crippen LogP contribution >= 0.6 is 0 Å². The van der Waals surface area contributed by atoms with Crippen LogP contribution in [0.4, 0.5) is 4.39 Å². The lowest BCUT2D eigenvalue weighted by molar-refractivity contribution is 0.0697. The number of benzene rings is 1. The predicted molar refractivity (Wildman–Crippen MR) is 61.3 cm³/mol. The molecule has 2 rings (SSSR count). The van der Waals surface area contributed by atoms with Crippen LogP contribution in [-0.4, -0.2) is 16.1 Å². The van der Waals surface area contributed by atoms with Crippen molar-refractivity contribution >= 4 is 5.97 Å². The van der Waals surface area contributed by atoms with E-state index in [1.54, 1.807) is 25.1 Å². The van der Waals surface area contributed by atoms with E-state index in [9.17, 15) is 9.18 Å². The van der Waals surface area contributed by atoms with E-state index in [1.807, 2.05) is 0 Å². The van der Waals surface area contributed by atoms with Gasteiger partial charge in [0.1, 0.15) is 5.82 Å². The minimum Gasteiger partial charge on any atom is -0.478 e. The van der Waals surface area contributed by atoms with Gasteiger partial charge in [-0.25, -0.2) is 9.18 Å². The number of aryl methyl sites for hydroxylation is 1. The Bertz CT molecular complexity index is 581. The van der Waals surface area contributed by atoms with E-state index >= 15 is 0 Å². The predicted octanol–water partition coefficient (Wildman–Crippen LogP) is 2.89. The van der Waals surface area contributed by atoms with E-state index in [1.165, 1.54) is 18.3 Å². The Morgan fingerprint density at radius 1 is 1.35 bits per heavy atom. The third-order valence-corrected chi connectivity index (χ3v) is 2.41. The Balaban J connectivity index is 2.65. The summed E-state index contributed by atoms with van der Waals surface area (Å²) in [6, 6.07) is 7.48. The molecular formula is C13H10FNO2. The number of aromatic nitrogens is 1. The molecule has 1 aromatic heterocycles. The second-order valence-electron chi connectivity index (χ2n) is 3.69. The highest BCUT2D eigenvalue weighted by molar-refractivity contribution is 5.95. The maximum absolute atomic E-state index is 13.1. The highest BCUT2D eigenvalue weighted by Gasteiger charge is 2.12. The summed E-state index contributed by atoms with van der Waals surface area (Å²) in [5, 5.41) is 9.05. The van der Waals surface area contributed by atoms with Gasteiger partial charge in [-0.2, -0.15) is 0 Å². The number of carboxylic acids is 1. The van der Waals surface area contributed by atoms with Crippen molar-refractivity contribution < 1.29 is 14.3 Å². The molecule has 0 aliphatic rings. The van der Waals surface area contributed by atoms with Gasteiger partial charge >= 0.3 is 5.97 Å². The fourth-order valence-corrected chi connectivity index (χ4v) is 1.63. The average molecular weight is 231 g/mol. The van der Waals surface area contributed by atoms with E-state index in [4.69, 9.17) is 5.11 Å². The molecule has 0 unspecified atom stereocenters. The zero-order valence-corrected chi connectivity index (χ0v) is 9.14. The van der Waals surface area contributed by atoms with Crippen LogP contribution in [0.1, 0.15) is 16.1 Å². The Morgan fingerprint density at radius 2 is 2.12 bits per heavy atom. The highest BCUT2D eigenvalue weighted by atomic mass is 19.1. The van der Waals surface area contributed by atoms with Crippen molar-refractivity contribution in [1.29, 1.82) is 0 Å². The minimum atomic E-state index is -1.07. The van der Waals surface area contributed by atoms with Gasteiger partial charge in [0.2, 0.25) is 0 Å². The van der Waals surface area contributed by atoms with Gasteiger partial charge in [-0.15, -0.1) is 0 Å². The molecule has 86 valence electrons. The van der Waals surface area contributed by atoms with Gasteiger partial charge in [-0.1, -0.05) is 12.1 Å². The van der Waals surface area contributed by atoms with Crippen LogP contribution in [0.25, 0.3) is 11.1 Å². The zero-order valence-electron chi connectivity index (χ0n) is 9.14. The zero-order chi connectivity index (χ0) is 12.4. The normalized spacial score (nSPS) is 10.2. The molecule has 0 atom stereocenters. The van der Waals surface area contributed by atoms with Crippen LogP contribution in [0.5, 0.6) is 0 Å². The molecule has 2 aromatic rings. The van der Waals surface area contributed by atoms with E-state index in [-0.39, 0.29) is 5.56 Å². The number of rotatable bonds is 2. The van der Waals surface area contributed by atoms with Crippen molar-refractivity contribution in [1.82, 2.24) is 4.98 Å². The fourth-order valence-electron chi connectivity index (χ4n) is 1.63. The maximum Gasteiger partial charge on any atom is 0.337 e. The second-order valence-corrected chi connectivity index (χ2v) is 3.69. The summed E-state index contributed by atoms with van der Waals surface area (Å²) in [5.74, 6) is -1.47. The summed E-state index contributed by atoms with van der Waals surface area (Å²) in [6.07, 6.45) is 1.29. The van der Waals surface area contributed by atoms with Crippen molar-refractivity contribution in [3.05, 3.63) is 53.6 Å². The van der Waals surface area contributed by atoms with Crippen molar-refractivity contribution in [3.8, 4) is 11.1 Å². The molecular weight excluding hydrogens is 221 g/mol. The fraction of sp³-hybridized carbons (Fsp3) is 0.0769. The van der Waals surface area contributed by atoms with Crippen LogP contribution < -0.4 is 0 Å². The number of aromatic carboxylic acids is 1. The Kier molecular flexibility index (Phi) is 2.87. The Morgan fingerprint density at radius 3 is 2.76 bits per heavy atom. The standard InChI is InChI=1S/C13H10FNO2/c1-8-5-11(12(7-15-8)13(16)17)9-3-2-4-10(14)6-9/h2-7H,1H3,(H,16,17). The van der Waals surface area contributed by atoms with Gasteiger partial charge < -0.3 is 5.11 Å². The number of hydrogen-bond donors (Lipinski definition) is 1. The van der Waals surface area contributed by atoms with E-state index in [0.29, 0.717) is 16.8 Å². The number of halogens is 1. The molecule has 0 radical (unpaired) electrons. The first-order valence-corrected chi connectivity index (χ1v) is 5.04. The quantitative estimate of drug-likeness (QED) is 0.864. The molecule has 1 N–H and O–H groups in total. The molecule has 0 amide bonds. The summed E-state index contributed by atoms with van der Waals surface area (Å²) < 4.78 is 13.1. The monoisotopic (exact) mass is 231 g/mol. The summed E-state index contributed by atoms with van der Waals surface area (Å²) in [4.78, 5) is 15.0. The first-order chi connectivity index (χ1) is 8.08. The topological polar surface area (TPSA) is 50.2 Å². The largest absolute Gasteiger partial charge is 0.478 e. The van der Waals surface area contributed by atoms with Crippen molar-refractivity contribution in [2.75, 3.05) is 0 Å². The van der Waals surface area contributed by atoms with Crippen molar-refractivity contribution in [2.45, 2.75) is 6.92 Å². The highest BCUT2D eigenvalue weighted by Crippen LogP contribution is 2.24. The molecule has 0 aliphatic carbocycles. The summed E-state index contributed by atoms with van der Waals surface area (Å²) >= 11 is 0. The lowest BCUT2D eigenvalue weighted by atomic mass is 10.0. The van der Waals surface area contributed by atoms with Crippen LogP contribution in [0.3, 0.4) is 0 Å². The van der Waals surface area contributed by atoms with Gasteiger partial charge in [0.05, 0.1) is 5.56 Å². The maximum atomic E-state index is 13.1. The first kappa shape index (κ1) is 11.3. The third kappa shape index (κ3) is 2.30. The van der Waals surface area contributed by atoms with Gasteiger partial charge in [0.15, 0.2) is 0 Å². The lowest BCUT2D eigenvalue weighted by Crippen LogP contribution is -2.01. The molecule has 4 heteroatoms. The molecule has 1 heterocycles. The van der Waals surface area contributed by atoms with Gasteiger partial charge in [-0.3, -0.25) is 4.98 Å². The molecule has 17 heavy (non-hydrogen) atoms. The Hall–Kier alpha value is -2.23. The van der Waals surface area contributed by atoms with Crippen LogP contribution in [-0.2, 0) is 0 Å². The average Bonchev–Trinajstić information content (AvgIpc) is 2.28. The van der Waals surface area contributed by atoms with Gasteiger partial charge in [0, 0.05) is 11.9 Å². The summed E-state index contributed by atoms with van der Waals surface area (Å²) in [5.41, 5.74) is 1.77. The number of carboxylic acid groups (broad SMARTS) is 1. The van der Waals surface area contributed by atoms with Crippen molar-refractivity contribution in [2.24, 2.45) is 0 Å². The summed E-state index contributed by atoms with van der Waals surface area (Å²) in [7, 11) is 0. The lowest BCUT2D eigenvalue weighted by Gasteiger charge is -2.07. The smallest absolute Gasteiger partial charge is 0.337 e. The number of pyridine rings is 1. The number of carbonyl (C=O) groups is 1. The Labute approximate surface area is 97.6 Å². The molecule has 0 spiro atoms. The molecule has 0 saturated carbocycles. The van der Waals surface area contributed by atoms with Crippen LogP contribution in [0, 0.1) is 12.7 Å². The molecule has 3 nitrogen and oxygen atoms in total. The molecule has 0 aliphatic heterocycles. The summed E-state index contributed by atoms with van der Waals surface area (Å²) in [6.45, 7) is 1.76. The van der Waals surface area contributed by atoms with Gasteiger partial charge in [0.25, 0.3) is 0 Å². The third-order valence-electron chi connectivity index (χ3n) is 2.41. The number of nitrogens with zero attached hydrogens (tertiary/aromatic N) is 1. The van der Waals surface area contributed by atoms with Crippen molar-refractivity contribution in [3.63, 3.8) is 0 Å². The van der Waals surface area contributed by atoms with Gasteiger partial charge in [-0.05, 0) is 36.2 Å². The van der Waals surface area contributed by atoms with Crippen LogP contribution in [0.15, 0.2) is 36.5 Å². The van der Waals surface area contributed by atoms with E-state index < -0.39 is 11.8 Å². The van der Waals surface area contributed by atoms with Crippen LogP contribution in [0.2, 0.25) is 0 Å².